The van der Waals surface area contributed by atoms with Gasteiger partial charge in [-0.15, -0.1) is 11.3 Å². The van der Waals surface area contributed by atoms with Gasteiger partial charge in [0.2, 0.25) is 5.95 Å². The maximum absolute atomic E-state index is 12.0. The van der Waals surface area contributed by atoms with Crippen LogP contribution in [0.15, 0.2) is 22.0 Å². The maximum atomic E-state index is 12.0. The first-order valence-electron chi connectivity index (χ1n) is 8.06. The highest BCUT2D eigenvalue weighted by Crippen LogP contribution is 2.19. The molecule has 0 radical (unpaired) electrons. The summed E-state index contributed by atoms with van der Waals surface area (Å²) in [6.07, 6.45) is 0. The fourth-order valence-corrected chi connectivity index (χ4v) is 3.80. The van der Waals surface area contributed by atoms with Crippen LogP contribution in [0.5, 0.6) is 0 Å². The van der Waals surface area contributed by atoms with Gasteiger partial charge in [0, 0.05) is 47.8 Å². The molecule has 134 valence electrons. The van der Waals surface area contributed by atoms with Crippen molar-refractivity contribution in [1.82, 2.24) is 15.3 Å². The predicted octanol–water partition coefficient (Wildman–Crippen LogP) is 2.29. The van der Waals surface area contributed by atoms with Crippen molar-refractivity contribution in [1.29, 1.82) is 0 Å². The zero-order chi connectivity index (χ0) is 17.6. The molecule has 1 aliphatic rings. The third-order valence-electron chi connectivity index (χ3n) is 3.66. The first-order valence-corrected chi connectivity index (χ1v) is 9.73. The summed E-state index contributed by atoms with van der Waals surface area (Å²) < 4.78 is 6.30. The minimum absolute atomic E-state index is 0.0725. The number of aromatic nitrogens is 2. The quantitative estimate of drug-likeness (QED) is 0.691. The van der Waals surface area contributed by atoms with Gasteiger partial charge in [-0.2, -0.15) is 4.98 Å². The van der Waals surface area contributed by atoms with Crippen molar-refractivity contribution < 1.29 is 9.53 Å². The molecule has 2 N–H and O–H groups in total. The van der Waals surface area contributed by atoms with Gasteiger partial charge in [-0.1, -0.05) is 0 Å². The number of rotatable bonds is 6. The van der Waals surface area contributed by atoms with Crippen molar-refractivity contribution in [3.8, 4) is 0 Å². The van der Waals surface area contributed by atoms with Crippen molar-refractivity contribution in [2.24, 2.45) is 0 Å². The Morgan fingerprint density at radius 3 is 2.84 bits per heavy atom. The van der Waals surface area contributed by atoms with Crippen LogP contribution >= 0.6 is 27.3 Å². The molecule has 1 saturated heterocycles. The van der Waals surface area contributed by atoms with E-state index < -0.39 is 0 Å². The van der Waals surface area contributed by atoms with Gasteiger partial charge in [0.05, 0.1) is 18.1 Å². The fourth-order valence-electron chi connectivity index (χ4n) is 2.46. The number of ether oxygens (including phenoxy) is 1. The second-order valence-electron chi connectivity index (χ2n) is 5.60. The molecule has 0 spiro atoms. The zero-order valence-corrected chi connectivity index (χ0v) is 16.3. The number of carbonyl (C=O) groups excluding carboxylic acids is 1. The Hall–Kier alpha value is -1.71. The van der Waals surface area contributed by atoms with Crippen LogP contribution in [0.3, 0.4) is 0 Å². The number of aryl methyl sites for hydroxylation is 1. The second kappa shape index (κ2) is 8.59. The van der Waals surface area contributed by atoms with Crippen molar-refractivity contribution in [3.63, 3.8) is 0 Å². The molecule has 3 rings (SSSR count). The number of halogens is 1. The molecule has 1 aliphatic heterocycles. The van der Waals surface area contributed by atoms with Crippen LogP contribution in [0, 0.1) is 6.92 Å². The van der Waals surface area contributed by atoms with Crippen molar-refractivity contribution in [3.05, 3.63) is 32.6 Å². The SMILES string of the molecule is Cc1cc(N2CCOCC2)nc(NCCNC(=O)c2cc(Br)cs2)n1. The average molecular weight is 426 g/mol. The summed E-state index contributed by atoms with van der Waals surface area (Å²) in [5.74, 6) is 1.41. The van der Waals surface area contributed by atoms with Gasteiger partial charge in [0.25, 0.3) is 5.91 Å². The molecular formula is C16H20BrN5O2S. The van der Waals surface area contributed by atoms with Crippen LogP contribution in [-0.2, 0) is 4.74 Å². The number of carbonyl (C=O) groups is 1. The van der Waals surface area contributed by atoms with Crippen molar-refractivity contribution in [2.75, 3.05) is 49.6 Å². The number of nitrogens with zero attached hydrogens (tertiary/aromatic N) is 3. The Kier molecular flexibility index (Phi) is 6.22. The minimum atomic E-state index is -0.0725. The van der Waals surface area contributed by atoms with Crippen LogP contribution in [-0.4, -0.2) is 55.3 Å². The molecule has 0 atom stereocenters. The number of hydrogen-bond acceptors (Lipinski definition) is 7. The van der Waals surface area contributed by atoms with Crippen LogP contribution in [0.1, 0.15) is 15.4 Å². The van der Waals surface area contributed by atoms with Gasteiger partial charge in [-0.3, -0.25) is 4.79 Å². The third-order valence-corrected chi connectivity index (χ3v) is 5.35. The standard InChI is InChI=1S/C16H20BrN5O2S/c1-11-8-14(22-4-6-24-7-5-22)21-16(20-11)19-3-2-18-15(23)13-9-12(17)10-25-13/h8-10H,2-7H2,1H3,(H,18,23)(H,19,20,21). The van der Waals surface area contributed by atoms with Gasteiger partial charge in [0.1, 0.15) is 5.82 Å². The number of nitrogens with one attached hydrogen (secondary N) is 2. The van der Waals surface area contributed by atoms with Gasteiger partial charge in [-0.25, -0.2) is 4.98 Å². The second-order valence-corrected chi connectivity index (χ2v) is 7.43. The fraction of sp³-hybridized carbons (Fsp3) is 0.438. The average Bonchev–Trinajstić information content (AvgIpc) is 3.05. The van der Waals surface area contributed by atoms with Crippen LogP contribution in [0.4, 0.5) is 11.8 Å². The molecule has 25 heavy (non-hydrogen) atoms. The zero-order valence-electron chi connectivity index (χ0n) is 13.9. The van der Waals surface area contributed by atoms with E-state index in [-0.39, 0.29) is 5.91 Å². The lowest BCUT2D eigenvalue weighted by Crippen LogP contribution is -2.37. The number of hydrogen-bond donors (Lipinski definition) is 2. The Morgan fingerprint density at radius 1 is 1.32 bits per heavy atom. The summed E-state index contributed by atoms with van der Waals surface area (Å²) in [5, 5.41) is 7.95. The highest BCUT2D eigenvalue weighted by atomic mass is 79.9. The lowest BCUT2D eigenvalue weighted by atomic mass is 10.3. The highest BCUT2D eigenvalue weighted by molar-refractivity contribution is 9.10. The van der Waals surface area contributed by atoms with E-state index >= 15 is 0 Å². The van der Waals surface area contributed by atoms with Gasteiger partial charge < -0.3 is 20.3 Å². The Bertz CT molecular complexity index is 733. The molecule has 0 aromatic carbocycles. The summed E-state index contributed by atoms with van der Waals surface area (Å²) in [5.41, 5.74) is 0.909. The van der Waals surface area contributed by atoms with E-state index in [2.05, 4.69) is 41.4 Å². The Morgan fingerprint density at radius 2 is 2.12 bits per heavy atom. The summed E-state index contributed by atoms with van der Waals surface area (Å²) in [6, 6.07) is 3.79. The Labute approximate surface area is 158 Å². The van der Waals surface area contributed by atoms with E-state index in [1.807, 2.05) is 24.4 Å². The molecule has 7 nitrogen and oxygen atoms in total. The first-order chi connectivity index (χ1) is 12.1. The summed E-state index contributed by atoms with van der Waals surface area (Å²) in [4.78, 5) is 23.8. The van der Waals surface area contributed by atoms with Crippen LogP contribution in [0.25, 0.3) is 0 Å². The normalized spacial score (nSPS) is 14.4. The number of thiophene rings is 1. The van der Waals surface area contributed by atoms with E-state index in [9.17, 15) is 4.79 Å². The molecule has 0 saturated carbocycles. The van der Waals surface area contributed by atoms with Gasteiger partial charge >= 0.3 is 0 Å². The smallest absolute Gasteiger partial charge is 0.261 e. The van der Waals surface area contributed by atoms with E-state index in [1.165, 1.54) is 11.3 Å². The topological polar surface area (TPSA) is 79.4 Å². The lowest BCUT2D eigenvalue weighted by molar-refractivity contribution is 0.0959. The monoisotopic (exact) mass is 425 g/mol. The largest absolute Gasteiger partial charge is 0.378 e. The maximum Gasteiger partial charge on any atom is 0.261 e. The predicted molar refractivity (Wildman–Crippen MR) is 103 cm³/mol. The summed E-state index contributed by atoms with van der Waals surface area (Å²) >= 11 is 4.76. The molecule has 2 aromatic heterocycles. The van der Waals surface area contributed by atoms with Gasteiger partial charge in [0.15, 0.2) is 0 Å². The van der Waals surface area contributed by atoms with E-state index in [0.29, 0.717) is 23.9 Å². The number of morpholine rings is 1. The molecule has 0 bridgehead atoms. The molecule has 3 heterocycles. The molecule has 0 unspecified atom stereocenters. The van der Waals surface area contributed by atoms with Crippen LogP contribution < -0.4 is 15.5 Å². The molecule has 0 aliphatic carbocycles. The molecular weight excluding hydrogens is 406 g/mol. The molecule has 1 fully saturated rings. The van der Waals surface area contributed by atoms with Crippen molar-refractivity contribution >= 4 is 44.9 Å². The van der Waals surface area contributed by atoms with E-state index in [0.717, 1.165) is 42.3 Å². The first kappa shape index (κ1) is 18.1. The summed E-state index contributed by atoms with van der Waals surface area (Å²) in [6.45, 7) is 6.12. The Balaban J connectivity index is 1.51. The van der Waals surface area contributed by atoms with Crippen molar-refractivity contribution in [2.45, 2.75) is 6.92 Å². The molecule has 9 heteroatoms. The van der Waals surface area contributed by atoms with E-state index in [1.54, 1.807) is 0 Å². The number of amides is 1. The number of anilines is 2. The van der Waals surface area contributed by atoms with Crippen LogP contribution in [0.2, 0.25) is 0 Å². The highest BCUT2D eigenvalue weighted by Gasteiger charge is 2.14. The minimum Gasteiger partial charge on any atom is -0.378 e. The third kappa shape index (κ3) is 5.13. The van der Waals surface area contributed by atoms with E-state index in [4.69, 9.17) is 4.74 Å². The lowest BCUT2D eigenvalue weighted by Gasteiger charge is -2.28. The summed E-state index contributed by atoms with van der Waals surface area (Å²) in [7, 11) is 0. The molecule has 1 amide bonds. The van der Waals surface area contributed by atoms with Gasteiger partial charge in [-0.05, 0) is 28.9 Å². The molecule has 2 aromatic rings.